The van der Waals surface area contributed by atoms with Crippen LogP contribution in [0.3, 0.4) is 0 Å². The highest BCUT2D eigenvalue weighted by molar-refractivity contribution is 5.40. The van der Waals surface area contributed by atoms with E-state index in [0.717, 1.165) is 24.8 Å². The smallest absolute Gasteiger partial charge is 0.122 e. The summed E-state index contributed by atoms with van der Waals surface area (Å²) in [5, 5.41) is 3.80. The van der Waals surface area contributed by atoms with Gasteiger partial charge in [0.05, 0.1) is 6.61 Å². The van der Waals surface area contributed by atoms with Crippen LogP contribution < -0.4 is 10.1 Å². The number of ether oxygens (including phenoxy) is 1. The summed E-state index contributed by atoms with van der Waals surface area (Å²) in [6, 6.07) is 9.17. The molecule has 0 aromatic heterocycles. The lowest BCUT2D eigenvalue weighted by Gasteiger charge is -2.27. The first-order valence-corrected chi connectivity index (χ1v) is 8.33. The van der Waals surface area contributed by atoms with Crippen molar-refractivity contribution in [1.82, 2.24) is 5.32 Å². The number of hydrogen-bond donors (Lipinski definition) is 1. The Bertz CT molecular complexity index is 425. The lowest BCUT2D eigenvalue weighted by molar-refractivity contribution is 0.273. The molecule has 110 valence electrons. The second-order valence-corrected chi connectivity index (χ2v) is 6.40. The summed E-state index contributed by atoms with van der Waals surface area (Å²) < 4.78 is 5.90. The Morgan fingerprint density at radius 1 is 1.25 bits per heavy atom. The third-order valence-electron chi connectivity index (χ3n) is 4.94. The van der Waals surface area contributed by atoms with Gasteiger partial charge in [-0.1, -0.05) is 50.8 Å². The topological polar surface area (TPSA) is 21.3 Å². The molecule has 1 fully saturated rings. The molecular weight excluding hydrogens is 246 g/mol. The van der Waals surface area contributed by atoms with E-state index in [-0.39, 0.29) is 0 Å². The van der Waals surface area contributed by atoms with Crippen LogP contribution in [0.15, 0.2) is 24.3 Å². The Labute approximate surface area is 122 Å². The van der Waals surface area contributed by atoms with Crippen molar-refractivity contribution in [2.24, 2.45) is 5.92 Å². The average Bonchev–Trinajstić information content (AvgIpc) is 3.12. The molecule has 1 aromatic carbocycles. The highest BCUT2D eigenvalue weighted by Crippen LogP contribution is 2.39. The first-order valence-electron chi connectivity index (χ1n) is 8.33. The molecule has 2 heteroatoms. The molecule has 0 bridgehead atoms. The van der Waals surface area contributed by atoms with E-state index < -0.39 is 0 Å². The van der Waals surface area contributed by atoms with Crippen LogP contribution in [0.4, 0.5) is 0 Å². The Kier molecular flexibility index (Phi) is 4.62. The fourth-order valence-electron chi connectivity index (χ4n) is 3.85. The van der Waals surface area contributed by atoms with Crippen LogP contribution in [0.25, 0.3) is 0 Å². The first kappa shape index (κ1) is 13.9. The van der Waals surface area contributed by atoms with Crippen molar-refractivity contribution in [3.05, 3.63) is 29.8 Å². The van der Waals surface area contributed by atoms with Gasteiger partial charge in [-0.05, 0) is 31.4 Å². The zero-order chi connectivity index (χ0) is 13.8. The van der Waals surface area contributed by atoms with Gasteiger partial charge in [-0.25, -0.2) is 0 Å². The van der Waals surface area contributed by atoms with Crippen molar-refractivity contribution in [3.8, 4) is 5.75 Å². The van der Waals surface area contributed by atoms with Gasteiger partial charge in [0, 0.05) is 17.5 Å². The fraction of sp³-hybridized carbons (Fsp3) is 0.667. The third-order valence-corrected chi connectivity index (χ3v) is 4.94. The molecule has 1 aliphatic carbocycles. The molecule has 1 N–H and O–H groups in total. The lowest BCUT2D eigenvalue weighted by Crippen LogP contribution is -2.37. The van der Waals surface area contributed by atoms with Crippen molar-refractivity contribution in [2.45, 2.75) is 57.4 Å². The molecule has 1 aromatic rings. The number of rotatable bonds is 6. The van der Waals surface area contributed by atoms with Gasteiger partial charge in [-0.15, -0.1) is 0 Å². The van der Waals surface area contributed by atoms with Gasteiger partial charge in [0.25, 0.3) is 0 Å². The molecule has 3 rings (SSSR count). The van der Waals surface area contributed by atoms with Gasteiger partial charge in [0.1, 0.15) is 5.75 Å². The van der Waals surface area contributed by atoms with Crippen molar-refractivity contribution in [2.75, 3.05) is 13.2 Å². The molecule has 2 nitrogen and oxygen atoms in total. The molecule has 0 radical (unpaired) electrons. The van der Waals surface area contributed by atoms with Crippen LogP contribution in [-0.4, -0.2) is 19.2 Å². The monoisotopic (exact) mass is 273 g/mol. The standard InChI is InChI=1S/C18H27NO/c1-2-11-19-17(12-14-7-3-4-8-14)16-13-20-18-10-6-5-9-15(16)18/h5-6,9-10,14,16-17,19H,2-4,7-8,11-13H2,1H3. The summed E-state index contributed by atoms with van der Waals surface area (Å²) in [5.41, 5.74) is 1.42. The maximum absolute atomic E-state index is 5.90. The maximum atomic E-state index is 5.90. The van der Waals surface area contributed by atoms with E-state index in [1.165, 1.54) is 44.1 Å². The van der Waals surface area contributed by atoms with Gasteiger partial charge in [-0.2, -0.15) is 0 Å². The van der Waals surface area contributed by atoms with E-state index in [1.807, 2.05) is 0 Å². The van der Waals surface area contributed by atoms with E-state index in [4.69, 9.17) is 4.74 Å². The quantitative estimate of drug-likeness (QED) is 0.842. The van der Waals surface area contributed by atoms with Crippen LogP contribution in [-0.2, 0) is 0 Å². The van der Waals surface area contributed by atoms with Crippen LogP contribution in [0, 0.1) is 5.92 Å². The second kappa shape index (κ2) is 6.62. The predicted molar refractivity (Wildman–Crippen MR) is 83.3 cm³/mol. The SMILES string of the molecule is CCCNC(CC1CCCC1)C1COc2ccccc21. The molecule has 20 heavy (non-hydrogen) atoms. The minimum absolute atomic E-state index is 0.540. The zero-order valence-corrected chi connectivity index (χ0v) is 12.6. The van der Waals surface area contributed by atoms with E-state index >= 15 is 0 Å². The van der Waals surface area contributed by atoms with E-state index in [9.17, 15) is 0 Å². The van der Waals surface area contributed by atoms with Crippen LogP contribution >= 0.6 is 0 Å². The number of fused-ring (bicyclic) bond motifs is 1. The highest BCUT2D eigenvalue weighted by Gasteiger charge is 2.32. The Balaban J connectivity index is 1.71. The number of para-hydroxylation sites is 1. The molecule has 2 atom stereocenters. The van der Waals surface area contributed by atoms with Crippen molar-refractivity contribution in [1.29, 1.82) is 0 Å². The normalized spacial score (nSPS) is 23.6. The van der Waals surface area contributed by atoms with Gasteiger partial charge in [0.2, 0.25) is 0 Å². The highest BCUT2D eigenvalue weighted by atomic mass is 16.5. The lowest BCUT2D eigenvalue weighted by atomic mass is 9.86. The molecule has 2 unspecified atom stereocenters. The molecule has 0 saturated heterocycles. The van der Waals surface area contributed by atoms with E-state index in [0.29, 0.717) is 12.0 Å². The zero-order valence-electron chi connectivity index (χ0n) is 12.6. The Morgan fingerprint density at radius 2 is 2.05 bits per heavy atom. The summed E-state index contributed by atoms with van der Waals surface area (Å²) in [5.74, 6) is 2.57. The van der Waals surface area contributed by atoms with Crippen LogP contribution in [0.5, 0.6) is 5.75 Å². The fourth-order valence-corrected chi connectivity index (χ4v) is 3.85. The van der Waals surface area contributed by atoms with Crippen LogP contribution in [0.2, 0.25) is 0 Å². The summed E-state index contributed by atoms with van der Waals surface area (Å²) in [6.45, 7) is 4.22. The Morgan fingerprint density at radius 3 is 2.85 bits per heavy atom. The molecule has 2 aliphatic rings. The van der Waals surface area contributed by atoms with Crippen molar-refractivity contribution >= 4 is 0 Å². The van der Waals surface area contributed by atoms with Gasteiger partial charge in [-0.3, -0.25) is 0 Å². The van der Waals surface area contributed by atoms with Gasteiger partial charge in [0.15, 0.2) is 0 Å². The second-order valence-electron chi connectivity index (χ2n) is 6.40. The average molecular weight is 273 g/mol. The molecule has 1 heterocycles. The number of benzene rings is 1. The predicted octanol–water partition coefficient (Wildman–Crippen LogP) is 4.11. The molecule has 0 amide bonds. The van der Waals surface area contributed by atoms with Gasteiger partial charge < -0.3 is 10.1 Å². The first-order chi connectivity index (χ1) is 9.88. The summed E-state index contributed by atoms with van der Waals surface area (Å²) in [4.78, 5) is 0. The number of nitrogens with one attached hydrogen (secondary N) is 1. The van der Waals surface area contributed by atoms with E-state index in [2.05, 4.69) is 36.5 Å². The van der Waals surface area contributed by atoms with Crippen molar-refractivity contribution < 1.29 is 4.74 Å². The minimum Gasteiger partial charge on any atom is -0.493 e. The molecule has 1 aliphatic heterocycles. The Hall–Kier alpha value is -1.02. The largest absolute Gasteiger partial charge is 0.493 e. The minimum atomic E-state index is 0.540. The summed E-state index contributed by atoms with van der Waals surface area (Å²) >= 11 is 0. The molecular formula is C18H27NO. The summed E-state index contributed by atoms with van der Waals surface area (Å²) in [7, 11) is 0. The molecule has 0 spiro atoms. The maximum Gasteiger partial charge on any atom is 0.122 e. The third kappa shape index (κ3) is 3.01. The number of hydrogen-bond acceptors (Lipinski definition) is 2. The van der Waals surface area contributed by atoms with Gasteiger partial charge >= 0.3 is 0 Å². The molecule has 1 saturated carbocycles. The summed E-state index contributed by atoms with van der Waals surface area (Å²) in [6.07, 6.45) is 8.25. The van der Waals surface area contributed by atoms with E-state index in [1.54, 1.807) is 0 Å². The van der Waals surface area contributed by atoms with Crippen molar-refractivity contribution in [3.63, 3.8) is 0 Å². The van der Waals surface area contributed by atoms with Crippen LogP contribution in [0.1, 0.15) is 56.9 Å².